The number of amides is 1. The molecule has 3 rings (SSSR count). The summed E-state index contributed by atoms with van der Waals surface area (Å²) in [6.45, 7) is 5.64. The summed E-state index contributed by atoms with van der Waals surface area (Å²) in [6, 6.07) is 2.09. The van der Waals surface area contributed by atoms with Crippen LogP contribution < -0.4 is 5.32 Å². The smallest absolute Gasteiger partial charge is 0.436 e. The number of aliphatic imine (C=N–C) groups is 2. The average molecular weight is 385 g/mol. The van der Waals surface area contributed by atoms with Gasteiger partial charge in [0.05, 0.1) is 18.7 Å². The Bertz CT molecular complexity index is 657. The van der Waals surface area contributed by atoms with Crippen molar-refractivity contribution >= 4 is 45.2 Å². The van der Waals surface area contributed by atoms with Gasteiger partial charge in [-0.25, -0.2) is 4.79 Å². The van der Waals surface area contributed by atoms with Gasteiger partial charge in [-0.3, -0.25) is 9.89 Å². The third-order valence-electron chi connectivity index (χ3n) is 3.66. The van der Waals surface area contributed by atoms with E-state index in [1.807, 2.05) is 10.3 Å². The highest BCUT2D eigenvalue weighted by Gasteiger charge is 2.41. The van der Waals surface area contributed by atoms with Crippen LogP contribution in [0.1, 0.15) is 25.1 Å². The van der Waals surface area contributed by atoms with Crippen LogP contribution in [0.4, 0.5) is 4.79 Å². The Labute approximate surface area is 141 Å². The van der Waals surface area contributed by atoms with E-state index in [-0.39, 0.29) is 5.54 Å². The number of nitrogens with one attached hydrogen (secondary N) is 1. The first-order chi connectivity index (χ1) is 10.5. The number of carbonyl (C=O) groups is 1. The SMILES string of the molecule is CCOC(=O)N=C1N[C@](C)(c2cc(Br)cs2)CC2=NCCN21. The first kappa shape index (κ1) is 15.5. The van der Waals surface area contributed by atoms with E-state index in [1.54, 1.807) is 18.3 Å². The molecule has 1 amide bonds. The standard InChI is InChI=1S/C14H17BrN4O2S/c1-3-21-13(20)17-12-18-14(2,10-6-9(15)8-22-10)7-11-16-4-5-19(11)12/h6,8H,3-5,7H2,1-2H3,(H,17,18,20)/t14-/m0/s1. The monoisotopic (exact) mass is 384 g/mol. The van der Waals surface area contributed by atoms with Crippen LogP contribution >= 0.6 is 27.3 Å². The van der Waals surface area contributed by atoms with Crippen molar-refractivity contribution in [3.05, 3.63) is 20.8 Å². The highest BCUT2D eigenvalue weighted by atomic mass is 79.9. The van der Waals surface area contributed by atoms with Crippen molar-refractivity contribution in [1.29, 1.82) is 0 Å². The number of hydrogen-bond acceptors (Lipinski definition) is 4. The molecular weight excluding hydrogens is 368 g/mol. The zero-order valence-corrected chi connectivity index (χ0v) is 14.8. The second-order valence-electron chi connectivity index (χ2n) is 5.35. The molecule has 22 heavy (non-hydrogen) atoms. The minimum Gasteiger partial charge on any atom is -0.448 e. The van der Waals surface area contributed by atoms with Crippen molar-refractivity contribution < 1.29 is 9.53 Å². The number of ether oxygens (including phenoxy) is 1. The maximum Gasteiger partial charge on any atom is 0.436 e. The summed E-state index contributed by atoms with van der Waals surface area (Å²) in [5.41, 5.74) is -0.332. The van der Waals surface area contributed by atoms with Crippen LogP contribution in [-0.2, 0) is 10.3 Å². The van der Waals surface area contributed by atoms with Gasteiger partial charge in [0.2, 0.25) is 5.96 Å². The van der Waals surface area contributed by atoms with Gasteiger partial charge < -0.3 is 10.1 Å². The van der Waals surface area contributed by atoms with Crippen LogP contribution in [0.5, 0.6) is 0 Å². The lowest BCUT2D eigenvalue weighted by Gasteiger charge is -2.40. The predicted octanol–water partition coefficient (Wildman–Crippen LogP) is 2.95. The summed E-state index contributed by atoms with van der Waals surface area (Å²) in [6.07, 6.45) is 0.190. The van der Waals surface area contributed by atoms with Crippen LogP contribution in [0.15, 0.2) is 25.9 Å². The molecule has 0 aliphatic carbocycles. The molecule has 1 saturated heterocycles. The average Bonchev–Trinajstić information content (AvgIpc) is 3.07. The molecule has 6 nitrogen and oxygen atoms in total. The lowest BCUT2D eigenvalue weighted by Crippen LogP contribution is -2.58. The van der Waals surface area contributed by atoms with Gasteiger partial charge in [-0.15, -0.1) is 16.3 Å². The molecule has 2 aliphatic heterocycles. The van der Waals surface area contributed by atoms with E-state index in [2.05, 4.69) is 44.2 Å². The fraction of sp³-hybridized carbons (Fsp3) is 0.500. The van der Waals surface area contributed by atoms with E-state index in [1.165, 1.54) is 4.88 Å². The van der Waals surface area contributed by atoms with Crippen LogP contribution in [0, 0.1) is 0 Å². The molecule has 0 bridgehead atoms. The van der Waals surface area contributed by atoms with Crippen LogP contribution in [-0.4, -0.2) is 42.5 Å². The molecule has 1 atom stereocenters. The van der Waals surface area contributed by atoms with Crippen molar-refractivity contribution in [1.82, 2.24) is 10.2 Å². The summed E-state index contributed by atoms with van der Waals surface area (Å²) in [5.74, 6) is 1.49. The van der Waals surface area contributed by atoms with E-state index in [4.69, 9.17) is 4.74 Å². The number of nitrogens with zero attached hydrogens (tertiary/aromatic N) is 3. The number of fused-ring (bicyclic) bond motifs is 1. The van der Waals surface area contributed by atoms with E-state index >= 15 is 0 Å². The van der Waals surface area contributed by atoms with Crippen molar-refractivity contribution in [3.8, 4) is 0 Å². The van der Waals surface area contributed by atoms with Gasteiger partial charge in [-0.05, 0) is 35.8 Å². The summed E-state index contributed by atoms with van der Waals surface area (Å²) >= 11 is 5.16. The van der Waals surface area contributed by atoms with Gasteiger partial charge in [0.25, 0.3) is 0 Å². The van der Waals surface area contributed by atoms with Crippen molar-refractivity contribution in [2.75, 3.05) is 19.7 Å². The van der Waals surface area contributed by atoms with Gasteiger partial charge in [0, 0.05) is 27.7 Å². The second-order valence-corrected chi connectivity index (χ2v) is 7.17. The summed E-state index contributed by atoms with van der Waals surface area (Å²) in [7, 11) is 0. The maximum absolute atomic E-state index is 11.7. The van der Waals surface area contributed by atoms with E-state index < -0.39 is 6.09 Å². The van der Waals surface area contributed by atoms with Gasteiger partial charge in [0.1, 0.15) is 5.84 Å². The quantitative estimate of drug-likeness (QED) is 0.850. The van der Waals surface area contributed by atoms with Crippen molar-refractivity contribution in [3.63, 3.8) is 0 Å². The molecule has 0 radical (unpaired) electrons. The number of hydrogen-bond donors (Lipinski definition) is 1. The molecule has 2 aliphatic rings. The molecule has 1 aromatic rings. The minimum atomic E-state index is -0.576. The number of carbonyl (C=O) groups excluding carboxylic acids is 1. The first-order valence-corrected chi connectivity index (χ1v) is 8.78. The number of halogens is 1. The molecule has 1 fully saturated rings. The van der Waals surface area contributed by atoms with Crippen LogP contribution in [0.3, 0.4) is 0 Å². The number of rotatable bonds is 2. The van der Waals surface area contributed by atoms with Gasteiger partial charge >= 0.3 is 6.09 Å². The van der Waals surface area contributed by atoms with Gasteiger partial charge in [0.15, 0.2) is 0 Å². The Balaban J connectivity index is 1.93. The highest BCUT2D eigenvalue weighted by molar-refractivity contribution is 9.10. The fourth-order valence-corrected chi connectivity index (χ4v) is 4.18. The topological polar surface area (TPSA) is 66.3 Å². The Morgan fingerprint density at radius 1 is 1.68 bits per heavy atom. The molecular formula is C14H17BrN4O2S. The molecule has 0 unspecified atom stereocenters. The number of thiophene rings is 1. The first-order valence-electron chi connectivity index (χ1n) is 7.11. The maximum atomic E-state index is 11.7. The third-order valence-corrected chi connectivity index (χ3v) is 5.62. The molecule has 118 valence electrons. The van der Waals surface area contributed by atoms with Crippen LogP contribution in [0.25, 0.3) is 0 Å². The largest absolute Gasteiger partial charge is 0.448 e. The predicted molar refractivity (Wildman–Crippen MR) is 90.6 cm³/mol. The third kappa shape index (κ3) is 2.89. The van der Waals surface area contributed by atoms with Gasteiger partial charge in [-0.1, -0.05) is 0 Å². The van der Waals surface area contributed by atoms with Gasteiger partial charge in [-0.2, -0.15) is 0 Å². The Morgan fingerprint density at radius 3 is 3.18 bits per heavy atom. The zero-order chi connectivity index (χ0) is 15.7. The fourth-order valence-electron chi connectivity index (χ4n) is 2.63. The highest BCUT2D eigenvalue weighted by Crippen LogP contribution is 2.36. The minimum absolute atomic E-state index is 0.311. The summed E-state index contributed by atoms with van der Waals surface area (Å²) in [4.78, 5) is 23.5. The van der Waals surface area contributed by atoms with E-state index in [9.17, 15) is 4.79 Å². The normalized spacial score (nSPS) is 25.7. The lowest BCUT2D eigenvalue weighted by molar-refractivity contribution is 0.163. The lowest BCUT2D eigenvalue weighted by atomic mass is 9.93. The summed E-state index contributed by atoms with van der Waals surface area (Å²) in [5, 5.41) is 5.45. The van der Waals surface area contributed by atoms with Crippen molar-refractivity contribution in [2.45, 2.75) is 25.8 Å². The molecule has 0 saturated carbocycles. The Kier molecular flexibility index (Phi) is 4.22. The van der Waals surface area contributed by atoms with E-state index in [0.717, 1.165) is 29.8 Å². The molecule has 8 heteroatoms. The Morgan fingerprint density at radius 2 is 2.50 bits per heavy atom. The Hall–Kier alpha value is -1.41. The van der Waals surface area contributed by atoms with Crippen LogP contribution in [0.2, 0.25) is 0 Å². The molecule has 1 N–H and O–H groups in total. The molecule has 1 aromatic heterocycles. The second kappa shape index (κ2) is 6.00. The van der Waals surface area contributed by atoms with Crippen molar-refractivity contribution in [2.24, 2.45) is 9.98 Å². The molecule has 0 aromatic carbocycles. The number of amidine groups is 1. The zero-order valence-electron chi connectivity index (χ0n) is 12.4. The molecule has 0 spiro atoms. The van der Waals surface area contributed by atoms with E-state index in [0.29, 0.717) is 12.6 Å². The summed E-state index contributed by atoms with van der Waals surface area (Å²) < 4.78 is 5.98. The number of guanidine groups is 1. The molecule has 3 heterocycles.